The molecular weight excluding hydrogens is 947 g/mol. The van der Waals surface area contributed by atoms with E-state index in [0.29, 0.717) is 0 Å². The van der Waals surface area contributed by atoms with Crippen LogP contribution in [0.25, 0.3) is 100 Å². The zero-order valence-corrected chi connectivity index (χ0v) is 36.4. The smallest absolute Gasteiger partial charge is 0.0893 e. The van der Waals surface area contributed by atoms with Gasteiger partial charge in [-0.05, 0) is 84.6 Å². The largest absolute Gasteiger partial charge is 1.00 e. The number of para-hydroxylation sites is 4. The molecule has 303 valence electrons. The molecule has 0 saturated carbocycles. The van der Waals surface area contributed by atoms with Crippen LogP contribution < -0.4 is 0 Å². The molecule has 12 rings (SSSR count). The molecule has 0 fully saturated rings. The van der Waals surface area contributed by atoms with Gasteiger partial charge in [-0.3, -0.25) is 0 Å². The Kier molecular flexibility index (Phi) is 10.8. The normalized spacial score (nSPS) is 11.0. The summed E-state index contributed by atoms with van der Waals surface area (Å²) in [5, 5.41) is 5.00. The van der Waals surface area contributed by atoms with E-state index in [1.165, 1.54) is 43.6 Å². The Labute approximate surface area is 380 Å². The minimum absolute atomic E-state index is 0. The number of aromatic nitrogens is 5. The van der Waals surface area contributed by atoms with E-state index >= 15 is 0 Å². The Hall–Kier alpha value is -7.76. The molecule has 5 heterocycles. The van der Waals surface area contributed by atoms with Crippen molar-refractivity contribution in [3.05, 3.63) is 237 Å². The SMILES string of the molecule is [2H-].[Ir].[c-]1ccccc1-c1ccccn1.c1cc(-c2cccc(-c3cccc(-c4cccc(-n5c6ccccc6c6ccccc65)c4)n3)n2)cc(-n2c3ccccc3c3ccccc32)c1. The first-order chi connectivity index (χ1) is 30.8. The average Bonchev–Trinajstić information content (AvgIpc) is 3.88. The molecule has 5 aromatic heterocycles. The second kappa shape index (κ2) is 17.3. The zero-order valence-electron chi connectivity index (χ0n) is 35.0. The van der Waals surface area contributed by atoms with Crippen molar-refractivity contribution in [1.82, 2.24) is 24.1 Å². The standard InChI is InChI=1S/C46H30N4.C11H8N.Ir.H/c1-5-25-43-35(17-1)36-18-2-6-26-44(36)49(43)33-15-9-13-31(29-33)39-21-11-23-41(47-39)42-24-12-22-40(48-42)32-14-10-16-34(30-32)50-45-27-7-3-19-37(45)38-20-4-8-28-46(38)50;1-2-6-10(7-3-1)11-8-4-5-9-12-11;;/h1-30H;1-6,8-9H;;/q;-1;;-1/i;;;1+1. The Morgan fingerprint density at radius 1 is 0.349 bits per heavy atom. The molecule has 0 atom stereocenters. The first-order valence-electron chi connectivity index (χ1n) is 20.8. The summed E-state index contributed by atoms with van der Waals surface area (Å²) in [7, 11) is 0. The van der Waals surface area contributed by atoms with Crippen LogP contribution >= 0.6 is 0 Å². The molecule has 0 aliphatic heterocycles. The van der Waals surface area contributed by atoms with Crippen LogP contribution in [0.15, 0.2) is 231 Å². The minimum Gasteiger partial charge on any atom is -1.00 e. The van der Waals surface area contributed by atoms with Gasteiger partial charge in [-0.15, -0.1) is 35.9 Å². The molecule has 0 spiro atoms. The van der Waals surface area contributed by atoms with Gasteiger partial charge in [-0.25, -0.2) is 9.97 Å². The van der Waals surface area contributed by atoms with E-state index in [-0.39, 0.29) is 21.5 Å². The number of fused-ring (bicyclic) bond motifs is 6. The summed E-state index contributed by atoms with van der Waals surface area (Å²) in [6, 6.07) is 80.9. The van der Waals surface area contributed by atoms with Gasteiger partial charge in [0.2, 0.25) is 0 Å². The van der Waals surface area contributed by atoms with Gasteiger partial charge in [0.25, 0.3) is 0 Å². The molecule has 0 N–H and O–H groups in total. The first kappa shape index (κ1) is 39.4. The number of hydrogen-bond acceptors (Lipinski definition) is 3. The number of pyridine rings is 3. The van der Waals surface area contributed by atoms with E-state index < -0.39 is 0 Å². The quantitative estimate of drug-likeness (QED) is 0.156. The molecule has 0 aliphatic rings. The molecule has 0 saturated heterocycles. The summed E-state index contributed by atoms with van der Waals surface area (Å²) < 4.78 is 4.69. The van der Waals surface area contributed by atoms with Gasteiger partial charge in [0, 0.05) is 70.3 Å². The number of hydrogen-bond donors (Lipinski definition) is 0. The number of nitrogens with zero attached hydrogens (tertiary/aromatic N) is 5. The van der Waals surface area contributed by atoms with Crippen molar-refractivity contribution in [1.29, 1.82) is 0 Å². The van der Waals surface area contributed by atoms with Crippen molar-refractivity contribution in [3.63, 3.8) is 0 Å². The van der Waals surface area contributed by atoms with Gasteiger partial charge in [0.15, 0.2) is 0 Å². The zero-order chi connectivity index (χ0) is 41.2. The fraction of sp³-hybridized carbons (Fsp3) is 0. The van der Waals surface area contributed by atoms with Gasteiger partial charge >= 0.3 is 0 Å². The fourth-order valence-corrected chi connectivity index (χ4v) is 8.56. The second-order valence-corrected chi connectivity index (χ2v) is 15.1. The maximum absolute atomic E-state index is 5.15. The van der Waals surface area contributed by atoms with Crippen molar-refractivity contribution in [2.45, 2.75) is 0 Å². The van der Waals surface area contributed by atoms with E-state index in [1.54, 1.807) is 6.20 Å². The fourth-order valence-electron chi connectivity index (χ4n) is 8.56. The maximum Gasteiger partial charge on any atom is 0.0893 e. The summed E-state index contributed by atoms with van der Waals surface area (Å²) in [4.78, 5) is 14.5. The Morgan fingerprint density at radius 3 is 1.17 bits per heavy atom. The van der Waals surface area contributed by atoms with Crippen LogP contribution in [0, 0.1) is 6.07 Å². The average molecular weight is 987 g/mol. The topological polar surface area (TPSA) is 48.5 Å². The Bertz CT molecular complexity index is 3200. The third-order valence-electron chi connectivity index (χ3n) is 11.4. The summed E-state index contributed by atoms with van der Waals surface area (Å²) in [6.07, 6.45) is 1.79. The van der Waals surface area contributed by atoms with Gasteiger partial charge in [-0.1, -0.05) is 121 Å². The van der Waals surface area contributed by atoms with E-state index in [9.17, 15) is 0 Å². The van der Waals surface area contributed by atoms with E-state index in [2.05, 4.69) is 190 Å². The van der Waals surface area contributed by atoms with Gasteiger partial charge in [0.05, 0.1) is 44.8 Å². The third kappa shape index (κ3) is 7.53. The van der Waals surface area contributed by atoms with Crippen LogP contribution in [-0.4, -0.2) is 24.1 Å². The van der Waals surface area contributed by atoms with Gasteiger partial charge in [0.1, 0.15) is 0 Å². The predicted octanol–water partition coefficient (Wildman–Crippen LogP) is 14.3. The third-order valence-corrected chi connectivity index (χ3v) is 11.4. The molecule has 0 amide bonds. The molecule has 0 aliphatic carbocycles. The Morgan fingerprint density at radius 2 is 0.746 bits per heavy atom. The second-order valence-electron chi connectivity index (χ2n) is 15.1. The molecule has 5 nitrogen and oxygen atoms in total. The molecule has 1 radical (unpaired) electrons. The summed E-state index contributed by atoms with van der Waals surface area (Å²) in [6.45, 7) is 0. The molecule has 6 heteroatoms. The molecule has 63 heavy (non-hydrogen) atoms. The molecule has 0 unspecified atom stereocenters. The van der Waals surface area contributed by atoms with Crippen LogP contribution in [-0.2, 0) is 20.1 Å². The first-order valence-corrected chi connectivity index (χ1v) is 20.8. The van der Waals surface area contributed by atoms with E-state index in [1.807, 2.05) is 54.6 Å². The predicted molar refractivity (Wildman–Crippen MR) is 257 cm³/mol. The molecular formula is C57H39IrN5-2. The van der Waals surface area contributed by atoms with Crippen molar-refractivity contribution < 1.29 is 21.5 Å². The van der Waals surface area contributed by atoms with Crippen molar-refractivity contribution in [2.24, 2.45) is 0 Å². The maximum atomic E-state index is 5.15. The van der Waals surface area contributed by atoms with Crippen molar-refractivity contribution in [3.8, 4) is 56.5 Å². The van der Waals surface area contributed by atoms with Gasteiger partial charge in [-0.2, -0.15) is 0 Å². The summed E-state index contributed by atoms with van der Waals surface area (Å²) >= 11 is 0. The van der Waals surface area contributed by atoms with Gasteiger partial charge < -0.3 is 15.5 Å². The van der Waals surface area contributed by atoms with Crippen molar-refractivity contribution >= 4 is 43.6 Å². The summed E-state index contributed by atoms with van der Waals surface area (Å²) in [5.74, 6) is 0. The number of rotatable bonds is 6. The van der Waals surface area contributed by atoms with Crippen LogP contribution in [0.2, 0.25) is 0 Å². The molecule has 7 aromatic carbocycles. The van der Waals surface area contributed by atoms with E-state index in [4.69, 9.17) is 9.97 Å². The summed E-state index contributed by atoms with van der Waals surface area (Å²) in [5.41, 5.74) is 14.6. The minimum atomic E-state index is 0. The molecule has 12 aromatic rings. The number of benzene rings is 7. The van der Waals surface area contributed by atoms with Crippen LogP contribution in [0.3, 0.4) is 0 Å². The van der Waals surface area contributed by atoms with E-state index in [0.717, 1.165) is 56.5 Å². The Balaban J connectivity index is 0.000000321. The van der Waals surface area contributed by atoms with Crippen LogP contribution in [0.5, 0.6) is 0 Å². The van der Waals surface area contributed by atoms with Crippen molar-refractivity contribution in [2.75, 3.05) is 0 Å². The monoisotopic (exact) mass is 987 g/mol. The van der Waals surface area contributed by atoms with Crippen LogP contribution in [0.4, 0.5) is 0 Å². The molecule has 0 bridgehead atoms. The van der Waals surface area contributed by atoms with Crippen LogP contribution in [0.1, 0.15) is 1.43 Å².